The molecular formula is C123H164. The Morgan fingerprint density at radius 3 is 1.24 bits per heavy atom. The molecular weight excluding hydrogens is 1480 g/mol. The molecule has 0 aliphatic heterocycles. The van der Waals surface area contributed by atoms with Gasteiger partial charge in [0.1, 0.15) is 0 Å². The van der Waals surface area contributed by atoms with Crippen molar-refractivity contribution in [2.75, 3.05) is 0 Å². The van der Waals surface area contributed by atoms with Crippen LogP contribution >= 0.6 is 0 Å². The lowest BCUT2D eigenvalue weighted by Crippen LogP contribution is -2.12. The van der Waals surface area contributed by atoms with E-state index in [0.717, 1.165) is 114 Å². The first-order valence-corrected chi connectivity index (χ1v) is 49.3. The molecule has 0 aromatic heterocycles. The lowest BCUT2D eigenvalue weighted by Gasteiger charge is -2.19. The van der Waals surface area contributed by atoms with Crippen molar-refractivity contribution in [3.05, 3.63) is 400 Å². The van der Waals surface area contributed by atoms with E-state index >= 15 is 0 Å². The Morgan fingerprint density at radius 2 is 0.846 bits per heavy atom. The smallest absolute Gasteiger partial charge is 0.00174 e. The van der Waals surface area contributed by atoms with Crippen LogP contribution in [0.5, 0.6) is 0 Å². The highest BCUT2D eigenvalue weighted by molar-refractivity contribution is 5.48. The summed E-state index contributed by atoms with van der Waals surface area (Å²) in [5, 5.41) is 0. The third-order valence-corrected chi connectivity index (χ3v) is 26.7. The standard InChI is InChI=1S/3C10H12.3C9H12.C9H10.C8H12.C8H8.C8H14.C8H12.C7H10.C7H8.C6H10.C5H8/c1-2-9-7-4-5-8(6-7)10(9)3-1;2*1-2-3-7-10-8-5-4-6-9-10;2*1-2-8-5-7-3-4-9(8)6-7;1-2-5-9-7-3-6-8(9)4-1;1-2-6-9-7-4-3-5-8-9;2*1-2-8-6-4-3-5-7-8;2*1-2-4-6-8-7-5-3-1;2*1-2-7-4-3-6(1)5-7;1-2-4-6-5-3-1;1-2-4-5-3-1/h1-2,4-5,7-10H,3,6H2;3-9H,2H2,1H3;2-6,8-9H,7H2,1H3;2-4,7,9H,5-6H2,1H3;2-4,7-9H,1,5-6H2;1-3,6,8-9H,4-5,7H2;2-5,7-8H,1,6H2;2-4,8H,1,5-7H2;2-7H,1H2;1-2H,3-8H2;1-2,7-8H,3-6H2;1-2,6-7H,3-5H2;1-4,6-7H,5H2;1-2H,3-6H2;1-2H,3-5H2/b;7-3-;3-2+;8-2-;;;;;;;2-1-,8-7?;;;;. The van der Waals surface area contributed by atoms with E-state index in [4.69, 9.17) is 0 Å². The van der Waals surface area contributed by atoms with Gasteiger partial charge in [0.15, 0.2) is 0 Å². The fraction of sp³-hybridized carbons (Fsp3) is 0.447. The summed E-state index contributed by atoms with van der Waals surface area (Å²) in [6.45, 7) is 21.2. The second-order valence-corrected chi connectivity index (χ2v) is 36.2. The molecule has 18 aliphatic rings. The zero-order valence-electron chi connectivity index (χ0n) is 77.1. The van der Waals surface area contributed by atoms with Crippen LogP contribution in [0, 0.1) is 94.7 Å². The molecule has 0 saturated heterocycles. The van der Waals surface area contributed by atoms with Crippen LogP contribution in [-0.4, -0.2) is 0 Å². The molecule has 0 nitrogen and oxygen atoms in total. The molecule has 123 heavy (non-hydrogen) atoms. The number of rotatable bonds is 9. The molecule has 0 radical (unpaired) electrons. The molecule has 0 N–H and O–H groups in total. The van der Waals surface area contributed by atoms with Crippen molar-refractivity contribution >= 4 is 12.2 Å². The molecule has 0 heteroatoms. The predicted molar refractivity (Wildman–Crippen MR) is 547 cm³/mol. The van der Waals surface area contributed by atoms with Gasteiger partial charge in [-0.05, 0) is 349 Å². The van der Waals surface area contributed by atoms with Gasteiger partial charge in [-0.15, -0.1) is 19.7 Å². The molecule has 10 bridgehead atoms. The SMILES string of the molecule is C/C=C/Cc1ccccc1.C/C=C1/CC2C=CC1C2.C1=CC2C3C=CC(C3)C2C1.C1=CC2C=CC1C2.C1=CC2CCC1C2.C1=CCC/C=C\CC1.C1=CCC2CC=CC2C1.C1=CCCC1.C1=CCCCC1.C1=CCCCCCC1.C=CC1CC2C=CC1C2.C=CC1CC=CCC1.C=CCc1ccccc1.C=Cc1ccccc1.CC/C=C\c1ccccc1. The maximum absolute atomic E-state index is 3.83. The molecule has 0 spiro atoms. The lowest BCUT2D eigenvalue weighted by molar-refractivity contribution is 0.398. The molecule has 4 fully saturated rings. The van der Waals surface area contributed by atoms with Crippen molar-refractivity contribution in [2.45, 2.75) is 252 Å². The molecule has 14 unspecified atom stereocenters. The van der Waals surface area contributed by atoms with Crippen LogP contribution < -0.4 is 0 Å². The van der Waals surface area contributed by atoms with E-state index in [-0.39, 0.29) is 0 Å². The summed E-state index contributed by atoms with van der Waals surface area (Å²) in [6, 6.07) is 41.1. The minimum Gasteiger partial charge on any atom is -0.103 e. The normalized spacial score (nSPS) is 28.5. The van der Waals surface area contributed by atoms with Gasteiger partial charge < -0.3 is 0 Å². The zero-order valence-corrected chi connectivity index (χ0v) is 77.1. The summed E-state index contributed by atoms with van der Waals surface area (Å²) in [6.07, 6.45) is 136. The van der Waals surface area contributed by atoms with E-state index in [0.29, 0.717) is 0 Å². The Labute approximate surface area is 754 Å². The highest BCUT2D eigenvalue weighted by atomic mass is 14.5. The summed E-state index contributed by atoms with van der Waals surface area (Å²) in [4.78, 5) is 0. The summed E-state index contributed by atoms with van der Waals surface area (Å²) >= 11 is 0. The van der Waals surface area contributed by atoms with Crippen molar-refractivity contribution in [3.63, 3.8) is 0 Å². The Balaban J connectivity index is 0.000000164. The largest absolute Gasteiger partial charge is 0.103 e. The van der Waals surface area contributed by atoms with Gasteiger partial charge >= 0.3 is 0 Å². The van der Waals surface area contributed by atoms with Crippen LogP contribution in [0.1, 0.15) is 261 Å². The third-order valence-electron chi connectivity index (χ3n) is 26.7. The first-order valence-electron chi connectivity index (χ1n) is 49.3. The number of fused-ring (bicyclic) bond motifs is 14. The van der Waals surface area contributed by atoms with Crippen molar-refractivity contribution in [1.82, 2.24) is 0 Å². The Kier molecular flexibility index (Phi) is 51.8. The summed E-state index contributed by atoms with van der Waals surface area (Å²) < 4.78 is 0. The lowest BCUT2D eigenvalue weighted by atomic mass is 9.86. The second-order valence-electron chi connectivity index (χ2n) is 36.2. The van der Waals surface area contributed by atoms with E-state index in [2.05, 4.69) is 326 Å². The molecule has 14 atom stereocenters. The Hall–Kier alpha value is -8.84. The maximum atomic E-state index is 3.83. The zero-order chi connectivity index (χ0) is 86.3. The van der Waals surface area contributed by atoms with Gasteiger partial charge in [0.2, 0.25) is 0 Å². The fourth-order valence-electron chi connectivity index (χ4n) is 19.3. The van der Waals surface area contributed by atoms with Gasteiger partial charge in [-0.2, -0.15) is 0 Å². The molecule has 4 saturated carbocycles. The van der Waals surface area contributed by atoms with Crippen LogP contribution in [0.2, 0.25) is 0 Å². The maximum Gasteiger partial charge on any atom is -0.00174 e. The summed E-state index contributed by atoms with van der Waals surface area (Å²) in [7, 11) is 0. The van der Waals surface area contributed by atoms with Gasteiger partial charge in [-0.25, -0.2) is 0 Å². The van der Waals surface area contributed by atoms with Crippen LogP contribution in [0.4, 0.5) is 0 Å². The van der Waals surface area contributed by atoms with Crippen LogP contribution in [0.3, 0.4) is 0 Å². The van der Waals surface area contributed by atoms with E-state index < -0.39 is 0 Å². The van der Waals surface area contributed by atoms with E-state index in [1.807, 2.05) is 79.7 Å². The van der Waals surface area contributed by atoms with E-state index in [1.165, 1.54) is 234 Å². The van der Waals surface area contributed by atoms with Gasteiger partial charge in [0.05, 0.1) is 0 Å². The molecule has 18 aliphatic carbocycles. The first-order chi connectivity index (χ1) is 60.8. The van der Waals surface area contributed by atoms with E-state index in [9.17, 15) is 0 Å². The average molecular weight is 1640 g/mol. The third kappa shape index (κ3) is 41.7. The van der Waals surface area contributed by atoms with Crippen molar-refractivity contribution < 1.29 is 0 Å². The Bertz CT molecular complexity index is 3960. The molecule has 4 aromatic rings. The van der Waals surface area contributed by atoms with Crippen LogP contribution in [0.25, 0.3) is 12.2 Å². The van der Waals surface area contributed by atoms with Crippen molar-refractivity contribution in [1.29, 1.82) is 0 Å². The van der Waals surface area contributed by atoms with Gasteiger partial charge in [-0.3, -0.25) is 0 Å². The molecule has 656 valence electrons. The summed E-state index contributed by atoms with van der Waals surface area (Å²) in [5.74, 6) is 14.4. The van der Waals surface area contributed by atoms with Crippen LogP contribution in [0.15, 0.2) is 378 Å². The minimum absolute atomic E-state index is 0.764. The molecule has 4 aromatic carbocycles. The Morgan fingerprint density at radius 1 is 0.341 bits per heavy atom. The van der Waals surface area contributed by atoms with Crippen molar-refractivity contribution in [3.8, 4) is 0 Å². The number of benzene rings is 4. The van der Waals surface area contributed by atoms with Crippen LogP contribution in [-0.2, 0) is 12.8 Å². The van der Waals surface area contributed by atoms with Gasteiger partial charge in [-0.1, -0.05) is 390 Å². The number of hydrogen-bond acceptors (Lipinski definition) is 0. The molecule has 0 heterocycles. The summed E-state index contributed by atoms with van der Waals surface area (Å²) in [5.41, 5.74) is 6.83. The average Bonchev–Trinajstić information content (AvgIpc) is 1.62. The monoisotopic (exact) mass is 1640 g/mol. The molecule has 22 rings (SSSR count). The van der Waals surface area contributed by atoms with E-state index in [1.54, 1.807) is 5.57 Å². The van der Waals surface area contributed by atoms with Gasteiger partial charge in [0.25, 0.3) is 0 Å². The fourth-order valence-corrected chi connectivity index (χ4v) is 19.3. The van der Waals surface area contributed by atoms with Crippen molar-refractivity contribution in [2.24, 2.45) is 94.7 Å². The van der Waals surface area contributed by atoms with Gasteiger partial charge in [0, 0.05) is 0 Å². The first kappa shape index (κ1) is 99.6. The predicted octanol–water partition coefficient (Wildman–Crippen LogP) is 36.1. The highest BCUT2D eigenvalue weighted by Gasteiger charge is 2.44. The topological polar surface area (TPSA) is 0 Å². The quantitative estimate of drug-likeness (QED) is 0.147. The highest BCUT2D eigenvalue weighted by Crippen LogP contribution is 2.53. The molecule has 0 amide bonds. The number of hydrogen-bond donors (Lipinski definition) is 0. The minimum atomic E-state index is 0.764. The number of allylic oxidation sites excluding steroid dienone is 38. The second kappa shape index (κ2) is 64.0.